The molecule has 13 heteroatoms. The molecule has 6 aromatic rings. The second-order valence-electron chi connectivity index (χ2n) is 8.92. The minimum atomic E-state index is -0.523. The number of nitrogens with zero attached hydrogens (tertiary/aromatic N) is 10. The molecule has 192 valence electrons. The van der Waals surface area contributed by atoms with Crippen molar-refractivity contribution in [3.8, 4) is 28.7 Å². The fraction of sp³-hybridized carbons (Fsp3) is 0.115. The normalized spacial score (nSPS) is 11.9. The first-order valence-corrected chi connectivity index (χ1v) is 11.8. The van der Waals surface area contributed by atoms with E-state index in [0.717, 1.165) is 17.3 Å². The van der Waals surface area contributed by atoms with Crippen LogP contribution in [0.15, 0.2) is 74.0 Å². The van der Waals surface area contributed by atoms with Gasteiger partial charge in [0.2, 0.25) is 5.91 Å². The maximum absolute atomic E-state index is 13.2. The molecule has 6 heterocycles. The summed E-state index contributed by atoms with van der Waals surface area (Å²) < 4.78 is 19.5. The quantitative estimate of drug-likeness (QED) is 0.355. The molecule has 6 rings (SSSR count). The molecular formula is C26H20FN11O. The van der Waals surface area contributed by atoms with Crippen LogP contribution in [0.1, 0.15) is 24.0 Å². The highest BCUT2D eigenvalue weighted by Crippen LogP contribution is 2.28. The van der Waals surface area contributed by atoms with Crippen LogP contribution in [0.4, 0.5) is 10.1 Å². The summed E-state index contributed by atoms with van der Waals surface area (Å²) in [6.45, 7) is 1.76. The van der Waals surface area contributed by atoms with Crippen molar-refractivity contribution in [1.82, 2.24) is 43.9 Å². The molecule has 39 heavy (non-hydrogen) atoms. The SMILES string of the molecule is CC(C(=O)Nc1cnn(-c2cc(-c3cnn(C)c3)cn3ncc(C#N)c23)c1)c1ccc(-n2cc(F)cn2)nc1. The zero-order valence-electron chi connectivity index (χ0n) is 20.8. The van der Waals surface area contributed by atoms with E-state index in [1.54, 1.807) is 51.5 Å². The molecule has 12 nitrogen and oxygen atoms in total. The molecule has 0 radical (unpaired) electrons. The van der Waals surface area contributed by atoms with Gasteiger partial charge in [-0.05, 0) is 24.6 Å². The van der Waals surface area contributed by atoms with E-state index in [2.05, 4.69) is 36.8 Å². The lowest BCUT2D eigenvalue weighted by molar-refractivity contribution is -0.117. The van der Waals surface area contributed by atoms with Crippen LogP contribution in [-0.2, 0) is 11.8 Å². The van der Waals surface area contributed by atoms with Crippen molar-refractivity contribution in [1.29, 1.82) is 5.26 Å². The number of carbonyl (C=O) groups is 1. The Morgan fingerprint density at radius 2 is 1.82 bits per heavy atom. The molecule has 0 aliphatic carbocycles. The van der Waals surface area contributed by atoms with Crippen LogP contribution in [0.5, 0.6) is 0 Å². The number of nitrogens with one attached hydrogen (secondary N) is 1. The summed E-state index contributed by atoms with van der Waals surface area (Å²) in [5.41, 5.74) is 4.47. The predicted octanol–water partition coefficient (Wildman–Crippen LogP) is 3.25. The van der Waals surface area contributed by atoms with Crippen molar-refractivity contribution in [2.75, 3.05) is 5.32 Å². The Labute approximate surface area is 220 Å². The lowest BCUT2D eigenvalue weighted by atomic mass is 10.0. The molecule has 0 saturated carbocycles. The molecule has 0 spiro atoms. The molecule has 0 bridgehead atoms. The van der Waals surface area contributed by atoms with Crippen molar-refractivity contribution >= 4 is 17.1 Å². The number of aromatic nitrogens is 9. The van der Waals surface area contributed by atoms with Crippen LogP contribution in [-0.4, -0.2) is 49.8 Å². The van der Waals surface area contributed by atoms with Gasteiger partial charge in [0.25, 0.3) is 0 Å². The Morgan fingerprint density at radius 1 is 0.974 bits per heavy atom. The van der Waals surface area contributed by atoms with Gasteiger partial charge in [0, 0.05) is 36.8 Å². The van der Waals surface area contributed by atoms with Crippen LogP contribution in [0.25, 0.3) is 28.1 Å². The smallest absolute Gasteiger partial charge is 0.231 e. The van der Waals surface area contributed by atoms with E-state index in [1.165, 1.54) is 23.3 Å². The number of anilines is 1. The molecule has 6 aromatic heterocycles. The Bertz CT molecular complexity index is 1870. The number of nitriles is 1. The number of hydrogen-bond acceptors (Lipinski definition) is 7. The highest BCUT2D eigenvalue weighted by atomic mass is 19.1. The number of halogens is 1. The minimum absolute atomic E-state index is 0.259. The minimum Gasteiger partial charge on any atom is -0.323 e. The van der Waals surface area contributed by atoms with E-state index >= 15 is 0 Å². The molecule has 0 aromatic carbocycles. The Kier molecular flexibility index (Phi) is 5.69. The molecule has 0 aliphatic rings. The van der Waals surface area contributed by atoms with Crippen LogP contribution in [0, 0.1) is 17.1 Å². The average Bonchev–Trinajstić information content (AvgIpc) is 3.75. The first kappa shape index (κ1) is 23.7. The third kappa shape index (κ3) is 4.40. The first-order chi connectivity index (χ1) is 18.9. The zero-order valence-corrected chi connectivity index (χ0v) is 20.8. The average molecular weight is 522 g/mol. The monoisotopic (exact) mass is 521 g/mol. The number of rotatable bonds is 6. The van der Waals surface area contributed by atoms with E-state index in [9.17, 15) is 14.4 Å². The van der Waals surface area contributed by atoms with Crippen molar-refractivity contribution in [2.45, 2.75) is 12.8 Å². The number of hydrogen-bond donors (Lipinski definition) is 1. The van der Waals surface area contributed by atoms with Gasteiger partial charge in [0.1, 0.15) is 11.6 Å². The molecule has 0 saturated heterocycles. The fourth-order valence-corrected chi connectivity index (χ4v) is 4.22. The van der Waals surface area contributed by atoms with Crippen molar-refractivity contribution in [3.05, 3.63) is 90.9 Å². The van der Waals surface area contributed by atoms with Gasteiger partial charge in [0.05, 0.1) is 60.0 Å². The Morgan fingerprint density at radius 3 is 2.51 bits per heavy atom. The largest absolute Gasteiger partial charge is 0.323 e. The van der Waals surface area contributed by atoms with Gasteiger partial charge < -0.3 is 5.32 Å². The fourth-order valence-electron chi connectivity index (χ4n) is 4.22. The summed E-state index contributed by atoms with van der Waals surface area (Å²) in [6.07, 6.45) is 14.0. The van der Waals surface area contributed by atoms with Crippen molar-refractivity contribution in [3.63, 3.8) is 0 Å². The van der Waals surface area contributed by atoms with Gasteiger partial charge >= 0.3 is 0 Å². The van der Waals surface area contributed by atoms with Gasteiger partial charge in [-0.25, -0.2) is 23.3 Å². The molecule has 1 amide bonds. The Hall–Kier alpha value is -5.64. The summed E-state index contributed by atoms with van der Waals surface area (Å²) >= 11 is 0. The maximum Gasteiger partial charge on any atom is 0.231 e. The molecular weight excluding hydrogens is 501 g/mol. The highest BCUT2D eigenvalue weighted by Gasteiger charge is 2.19. The molecule has 1 unspecified atom stereocenters. The van der Waals surface area contributed by atoms with Crippen molar-refractivity contribution < 1.29 is 9.18 Å². The summed E-state index contributed by atoms with van der Waals surface area (Å²) in [5.74, 6) is -0.806. The van der Waals surface area contributed by atoms with Gasteiger partial charge in [-0.15, -0.1) is 0 Å². The lowest BCUT2D eigenvalue weighted by Crippen LogP contribution is -2.18. The molecule has 0 aliphatic heterocycles. The van der Waals surface area contributed by atoms with Crippen LogP contribution < -0.4 is 5.32 Å². The Balaban J connectivity index is 1.26. The van der Waals surface area contributed by atoms with E-state index in [0.29, 0.717) is 33.8 Å². The van der Waals surface area contributed by atoms with E-state index in [1.807, 2.05) is 25.5 Å². The number of amides is 1. The van der Waals surface area contributed by atoms with Crippen LogP contribution in [0.2, 0.25) is 0 Å². The van der Waals surface area contributed by atoms with Crippen LogP contribution in [0.3, 0.4) is 0 Å². The summed E-state index contributed by atoms with van der Waals surface area (Å²) in [5, 5.41) is 29.4. The van der Waals surface area contributed by atoms with Gasteiger partial charge in [-0.2, -0.15) is 25.7 Å². The number of carbonyl (C=O) groups excluding carboxylic acids is 1. The second kappa shape index (κ2) is 9.34. The third-order valence-electron chi connectivity index (χ3n) is 6.30. The maximum atomic E-state index is 13.2. The van der Waals surface area contributed by atoms with Crippen LogP contribution >= 0.6 is 0 Å². The number of fused-ring (bicyclic) bond motifs is 1. The van der Waals surface area contributed by atoms with E-state index in [-0.39, 0.29) is 5.91 Å². The highest BCUT2D eigenvalue weighted by molar-refractivity contribution is 5.95. The predicted molar refractivity (Wildman–Crippen MR) is 138 cm³/mol. The number of pyridine rings is 2. The van der Waals surface area contributed by atoms with Gasteiger partial charge in [0.15, 0.2) is 11.6 Å². The van der Waals surface area contributed by atoms with Gasteiger partial charge in [-0.3, -0.25) is 9.48 Å². The third-order valence-corrected chi connectivity index (χ3v) is 6.30. The summed E-state index contributed by atoms with van der Waals surface area (Å²) in [7, 11) is 1.83. The topological polar surface area (TPSA) is 137 Å². The lowest BCUT2D eigenvalue weighted by Gasteiger charge is -2.12. The second-order valence-corrected chi connectivity index (χ2v) is 8.92. The summed E-state index contributed by atoms with van der Waals surface area (Å²) in [6, 6.07) is 7.49. The molecule has 1 atom stereocenters. The molecule has 0 fully saturated rings. The molecule has 1 N–H and O–H groups in total. The standard InChI is InChI=1S/C26H20FN11O/c1-16(17-3-4-24(29-7-17)37-14-21(27)10-32-37)26(39)34-22-11-33-36(15-22)23-5-18(20-9-30-35(2)12-20)13-38-25(23)19(6-28)8-31-38/h3-5,7-16H,1-2H3,(H,34,39). The summed E-state index contributed by atoms with van der Waals surface area (Å²) in [4.78, 5) is 17.3. The van der Waals surface area contributed by atoms with E-state index < -0.39 is 11.7 Å². The first-order valence-electron chi connectivity index (χ1n) is 11.8. The zero-order chi connectivity index (χ0) is 27.1. The van der Waals surface area contributed by atoms with Crippen molar-refractivity contribution in [2.24, 2.45) is 7.05 Å². The van der Waals surface area contributed by atoms with E-state index in [4.69, 9.17) is 0 Å². The number of aryl methyl sites for hydroxylation is 1. The van der Waals surface area contributed by atoms with Gasteiger partial charge in [-0.1, -0.05) is 6.07 Å².